The van der Waals surface area contributed by atoms with Gasteiger partial charge in [-0.25, -0.2) is 0 Å². The zero-order valence-electron chi connectivity index (χ0n) is 12.0. The maximum atomic E-state index is 10.1. The third kappa shape index (κ3) is 3.67. The topological polar surface area (TPSA) is 62.4 Å². The molecular formula is C15H25N3O. The average Bonchev–Trinajstić information content (AvgIpc) is 2.59. The van der Waals surface area contributed by atoms with Crippen molar-refractivity contribution in [3.05, 3.63) is 24.0 Å². The highest BCUT2D eigenvalue weighted by Gasteiger charge is 2.25. The van der Waals surface area contributed by atoms with E-state index in [1.54, 1.807) is 0 Å². The molecule has 4 heteroatoms. The van der Waals surface area contributed by atoms with Crippen LogP contribution in [0.2, 0.25) is 0 Å². The van der Waals surface area contributed by atoms with Crippen molar-refractivity contribution in [2.75, 3.05) is 18.0 Å². The van der Waals surface area contributed by atoms with Crippen LogP contribution < -0.4 is 10.6 Å². The van der Waals surface area contributed by atoms with Crippen molar-refractivity contribution >= 4 is 5.69 Å². The smallest absolute Gasteiger partial charge is 0.0637 e. The Morgan fingerprint density at radius 2 is 2.21 bits per heavy atom. The van der Waals surface area contributed by atoms with Gasteiger partial charge in [-0.05, 0) is 44.7 Å². The van der Waals surface area contributed by atoms with E-state index in [2.05, 4.69) is 22.9 Å². The van der Waals surface area contributed by atoms with Crippen molar-refractivity contribution in [3.8, 4) is 0 Å². The van der Waals surface area contributed by atoms with Gasteiger partial charge < -0.3 is 15.7 Å². The second-order valence-corrected chi connectivity index (χ2v) is 5.79. The van der Waals surface area contributed by atoms with Crippen LogP contribution >= 0.6 is 0 Å². The molecule has 0 bridgehead atoms. The first-order valence-corrected chi connectivity index (χ1v) is 7.21. The van der Waals surface area contributed by atoms with Crippen LogP contribution in [0.15, 0.2) is 18.3 Å². The molecule has 1 saturated heterocycles. The summed E-state index contributed by atoms with van der Waals surface area (Å²) in [6.07, 6.45) is 5.51. The number of anilines is 1. The Bertz CT molecular complexity index is 402. The fraction of sp³-hybridized carbons (Fsp3) is 0.667. The van der Waals surface area contributed by atoms with Gasteiger partial charge in [0.25, 0.3) is 0 Å². The van der Waals surface area contributed by atoms with Crippen molar-refractivity contribution in [2.24, 2.45) is 5.73 Å². The summed E-state index contributed by atoms with van der Waals surface area (Å²) in [5.74, 6) is 0. The predicted molar refractivity (Wildman–Crippen MR) is 78.1 cm³/mol. The minimum Gasteiger partial charge on any atom is -0.390 e. The predicted octanol–water partition coefficient (Wildman–Crippen LogP) is 2.23. The number of hydrogen-bond acceptors (Lipinski definition) is 4. The van der Waals surface area contributed by atoms with E-state index in [9.17, 15) is 5.11 Å². The molecule has 0 radical (unpaired) electrons. The molecule has 2 heterocycles. The van der Waals surface area contributed by atoms with E-state index in [1.807, 2.05) is 19.2 Å². The Labute approximate surface area is 115 Å². The van der Waals surface area contributed by atoms with E-state index >= 15 is 0 Å². The van der Waals surface area contributed by atoms with Crippen molar-refractivity contribution < 1.29 is 5.11 Å². The Kier molecular flexibility index (Phi) is 4.42. The summed E-state index contributed by atoms with van der Waals surface area (Å²) >= 11 is 0. The first-order chi connectivity index (χ1) is 9.02. The van der Waals surface area contributed by atoms with Gasteiger partial charge in [0.15, 0.2) is 0 Å². The highest BCUT2D eigenvalue weighted by atomic mass is 16.3. The molecule has 19 heavy (non-hydrogen) atoms. The standard InChI is InChI=1S/C15H25N3O/c1-3-13(16)14-6-5-12(11-17-14)18-9-4-7-15(2,19)8-10-18/h5-6,11,13,19H,3-4,7-10,16H2,1-2H3. The Hall–Kier alpha value is -1.13. The third-order valence-electron chi connectivity index (χ3n) is 4.02. The maximum Gasteiger partial charge on any atom is 0.0637 e. The van der Waals surface area contributed by atoms with Crippen LogP contribution in [0, 0.1) is 0 Å². The van der Waals surface area contributed by atoms with Gasteiger partial charge in [0.1, 0.15) is 0 Å². The van der Waals surface area contributed by atoms with Crippen molar-refractivity contribution in [3.63, 3.8) is 0 Å². The first kappa shape index (κ1) is 14.3. The van der Waals surface area contributed by atoms with Crippen LogP contribution in [0.4, 0.5) is 5.69 Å². The summed E-state index contributed by atoms with van der Waals surface area (Å²) in [4.78, 5) is 6.76. The lowest BCUT2D eigenvalue weighted by atomic mass is 9.98. The quantitative estimate of drug-likeness (QED) is 0.878. The van der Waals surface area contributed by atoms with Gasteiger partial charge in [0, 0.05) is 19.1 Å². The molecule has 106 valence electrons. The lowest BCUT2D eigenvalue weighted by Gasteiger charge is -2.24. The van der Waals surface area contributed by atoms with Crippen molar-refractivity contribution in [2.45, 2.75) is 51.2 Å². The van der Waals surface area contributed by atoms with Gasteiger partial charge in [-0.15, -0.1) is 0 Å². The third-order valence-corrected chi connectivity index (χ3v) is 4.02. The Morgan fingerprint density at radius 3 is 2.84 bits per heavy atom. The molecule has 1 aliphatic rings. The normalized spacial score (nSPS) is 26.0. The van der Waals surface area contributed by atoms with Crippen LogP contribution in [0.1, 0.15) is 51.3 Å². The lowest BCUT2D eigenvalue weighted by Crippen LogP contribution is -2.28. The summed E-state index contributed by atoms with van der Waals surface area (Å²) in [6, 6.07) is 4.14. The van der Waals surface area contributed by atoms with Gasteiger partial charge in [-0.2, -0.15) is 0 Å². The molecule has 4 nitrogen and oxygen atoms in total. The molecule has 0 saturated carbocycles. The number of pyridine rings is 1. The summed E-state index contributed by atoms with van der Waals surface area (Å²) in [5, 5.41) is 10.1. The minimum atomic E-state index is -0.521. The molecule has 0 aromatic carbocycles. The van der Waals surface area contributed by atoms with Gasteiger partial charge in [-0.1, -0.05) is 6.92 Å². The van der Waals surface area contributed by atoms with Crippen molar-refractivity contribution in [1.82, 2.24) is 4.98 Å². The molecule has 2 rings (SSSR count). The fourth-order valence-electron chi connectivity index (χ4n) is 2.53. The second-order valence-electron chi connectivity index (χ2n) is 5.79. The Balaban J connectivity index is 2.05. The summed E-state index contributed by atoms with van der Waals surface area (Å²) < 4.78 is 0. The molecule has 1 aromatic rings. The van der Waals surface area contributed by atoms with Gasteiger partial charge in [0.05, 0.1) is 23.2 Å². The summed E-state index contributed by atoms with van der Waals surface area (Å²) in [5.41, 5.74) is 7.53. The highest BCUT2D eigenvalue weighted by molar-refractivity contribution is 5.45. The fourth-order valence-corrected chi connectivity index (χ4v) is 2.53. The largest absolute Gasteiger partial charge is 0.390 e. The van der Waals surface area contributed by atoms with Crippen LogP contribution in [0.3, 0.4) is 0 Å². The molecule has 0 amide bonds. The molecule has 2 unspecified atom stereocenters. The molecule has 1 fully saturated rings. The Morgan fingerprint density at radius 1 is 1.42 bits per heavy atom. The average molecular weight is 263 g/mol. The van der Waals surface area contributed by atoms with Crippen molar-refractivity contribution in [1.29, 1.82) is 0 Å². The second kappa shape index (κ2) is 5.88. The summed E-state index contributed by atoms with van der Waals surface area (Å²) in [7, 11) is 0. The molecule has 1 aliphatic heterocycles. The number of aromatic nitrogens is 1. The van der Waals surface area contributed by atoms with Gasteiger partial charge in [0.2, 0.25) is 0 Å². The molecule has 0 spiro atoms. The van der Waals surface area contributed by atoms with E-state index in [1.165, 1.54) is 0 Å². The van der Waals surface area contributed by atoms with Gasteiger partial charge in [-0.3, -0.25) is 4.98 Å². The summed E-state index contributed by atoms with van der Waals surface area (Å²) in [6.45, 7) is 5.86. The maximum absolute atomic E-state index is 10.1. The van der Waals surface area contributed by atoms with Gasteiger partial charge >= 0.3 is 0 Å². The number of rotatable bonds is 3. The molecule has 1 aromatic heterocycles. The number of hydrogen-bond donors (Lipinski definition) is 2. The van der Waals surface area contributed by atoms with E-state index in [4.69, 9.17) is 5.73 Å². The number of nitrogens with zero attached hydrogens (tertiary/aromatic N) is 2. The zero-order valence-corrected chi connectivity index (χ0v) is 12.0. The molecular weight excluding hydrogens is 238 g/mol. The first-order valence-electron chi connectivity index (χ1n) is 7.21. The van der Waals surface area contributed by atoms with Crippen LogP contribution in [0.5, 0.6) is 0 Å². The SMILES string of the molecule is CCC(N)c1ccc(N2CCCC(C)(O)CC2)cn1. The highest BCUT2D eigenvalue weighted by Crippen LogP contribution is 2.25. The van der Waals surface area contributed by atoms with Crippen LogP contribution in [-0.4, -0.2) is 28.8 Å². The van der Waals surface area contributed by atoms with E-state index in [0.29, 0.717) is 0 Å². The van der Waals surface area contributed by atoms with E-state index in [-0.39, 0.29) is 6.04 Å². The minimum absolute atomic E-state index is 0.0268. The molecule has 0 aliphatic carbocycles. The van der Waals surface area contributed by atoms with Crippen LogP contribution in [0.25, 0.3) is 0 Å². The number of nitrogens with two attached hydrogens (primary N) is 1. The van der Waals surface area contributed by atoms with E-state index < -0.39 is 5.60 Å². The number of aliphatic hydroxyl groups is 1. The lowest BCUT2D eigenvalue weighted by molar-refractivity contribution is 0.0481. The van der Waals surface area contributed by atoms with Crippen LogP contribution in [-0.2, 0) is 0 Å². The van der Waals surface area contributed by atoms with E-state index in [0.717, 1.165) is 50.2 Å². The monoisotopic (exact) mass is 263 g/mol. The molecule has 2 atom stereocenters. The molecule has 3 N–H and O–H groups in total. The zero-order chi connectivity index (χ0) is 13.9.